The summed E-state index contributed by atoms with van der Waals surface area (Å²) in [7, 11) is 1.77. The highest BCUT2D eigenvalue weighted by Gasteiger charge is 2.22. The van der Waals surface area contributed by atoms with Gasteiger partial charge in [-0.1, -0.05) is 42.5 Å². The number of nitrogens with one attached hydrogen (secondary N) is 1. The van der Waals surface area contributed by atoms with Gasteiger partial charge in [-0.3, -0.25) is 4.90 Å². The molecule has 27 heavy (non-hydrogen) atoms. The first-order valence-electron chi connectivity index (χ1n) is 9.63. The molecule has 1 aliphatic rings. The number of likely N-dealkylation sites (tertiary alicyclic amines) is 1. The first kappa shape index (κ1) is 19.2. The van der Waals surface area contributed by atoms with Gasteiger partial charge in [0.25, 0.3) is 0 Å². The Kier molecular flexibility index (Phi) is 6.71. The van der Waals surface area contributed by atoms with E-state index in [0.717, 1.165) is 31.6 Å². The smallest absolute Gasteiger partial charge is 0.317 e. The van der Waals surface area contributed by atoms with Gasteiger partial charge in [-0.2, -0.15) is 0 Å². The van der Waals surface area contributed by atoms with Gasteiger partial charge in [0.2, 0.25) is 0 Å². The average Bonchev–Trinajstić information content (AvgIpc) is 3.09. The minimum absolute atomic E-state index is 0.0718. The minimum atomic E-state index is -0.0718. The second-order valence-electron chi connectivity index (χ2n) is 7.42. The number of benzene rings is 2. The van der Waals surface area contributed by atoms with Gasteiger partial charge >= 0.3 is 6.03 Å². The largest absolute Gasteiger partial charge is 0.508 e. The van der Waals surface area contributed by atoms with Crippen LogP contribution in [0.4, 0.5) is 4.79 Å². The number of aromatic hydroxyl groups is 1. The van der Waals surface area contributed by atoms with Crippen molar-refractivity contribution >= 4 is 6.03 Å². The number of rotatable bonds is 7. The van der Waals surface area contributed by atoms with Gasteiger partial charge in [0.05, 0.1) is 0 Å². The fourth-order valence-electron chi connectivity index (χ4n) is 3.65. The normalized spacial score (nSPS) is 17.0. The van der Waals surface area contributed by atoms with E-state index in [1.165, 1.54) is 12.0 Å². The summed E-state index contributed by atoms with van der Waals surface area (Å²) in [5.41, 5.74) is 2.28. The first-order chi connectivity index (χ1) is 13.1. The standard InChI is InChI=1S/C22H29N3O2/c1-24(15-20-8-5-9-21(26)14-20)22(27)23-12-10-19-11-13-25(17-19)16-18-6-3-2-4-7-18/h2-9,14,19,26H,10-13,15-17H2,1H3,(H,23,27). The van der Waals surface area contributed by atoms with Gasteiger partial charge in [-0.25, -0.2) is 4.79 Å². The van der Waals surface area contributed by atoms with E-state index in [1.807, 2.05) is 6.07 Å². The molecule has 5 nitrogen and oxygen atoms in total. The lowest BCUT2D eigenvalue weighted by atomic mass is 10.1. The van der Waals surface area contributed by atoms with Gasteiger partial charge in [-0.05, 0) is 48.6 Å². The summed E-state index contributed by atoms with van der Waals surface area (Å²) < 4.78 is 0. The Morgan fingerprint density at radius 1 is 1.19 bits per heavy atom. The molecular formula is C22H29N3O2. The lowest BCUT2D eigenvalue weighted by molar-refractivity contribution is 0.206. The predicted octanol–water partition coefficient (Wildman–Crippen LogP) is 3.45. The zero-order chi connectivity index (χ0) is 19.1. The van der Waals surface area contributed by atoms with Crippen molar-refractivity contribution in [2.45, 2.75) is 25.9 Å². The summed E-state index contributed by atoms with van der Waals surface area (Å²) >= 11 is 0. The third-order valence-corrected chi connectivity index (χ3v) is 5.12. The van der Waals surface area contributed by atoms with Gasteiger partial charge in [0.1, 0.15) is 5.75 Å². The summed E-state index contributed by atoms with van der Waals surface area (Å²) in [6.45, 7) is 4.42. The van der Waals surface area contributed by atoms with Crippen LogP contribution in [-0.4, -0.2) is 47.6 Å². The molecule has 2 amide bonds. The van der Waals surface area contributed by atoms with Gasteiger partial charge in [0.15, 0.2) is 0 Å². The molecule has 3 rings (SSSR count). The molecule has 0 aliphatic carbocycles. The van der Waals surface area contributed by atoms with E-state index >= 15 is 0 Å². The first-order valence-corrected chi connectivity index (χ1v) is 9.63. The van der Waals surface area contributed by atoms with Crippen LogP contribution in [0.5, 0.6) is 5.75 Å². The monoisotopic (exact) mass is 367 g/mol. The van der Waals surface area contributed by atoms with E-state index < -0.39 is 0 Å². The highest BCUT2D eigenvalue weighted by atomic mass is 16.3. The Bertz CT molecular complexity index is 735. The second kappa shape index (κ2) is 9.42. The highest BCUT2D eigenvalue weighted by Crippen LogP contribution is 2.21. The van der Waals surface area contributed by atoms with E-state index in [0.29, 0.717) is 19.0 Å². The van der Waals surface area contributed by atoms with Crippen molar-refractivity contribution < 1.29 is 9.90 Å². The number of hydrogen-bond acceptors (Lipinski definition) is 3. The maximum absolute atomic E-state index is 12.3. The van der Waals surface area contributed by atoms with Crippen LogP contribution in [0.15, 0.2) is 54.6 Å². The molecule has 1 heterocycles. The lowest BCUT2D eigenvalue weighted by Crippen LogP contribution is -2.37. The van der Waals surface area contributed by atoms with Crippen LogP contribution in [0.2, 0.25) is 0 Å². The Morgan fingerprint density at radius 3 is 2.74 bits per heavy atom. The van der Waals surface area contributed by atoms with E-state index in [1.54, 1.807) is 30.1 Å². The SMILES string of the molecule is CN(Cc1cccc(O)c1)C(=O)NCCC1CCN(Cc2ccccc2)C1. The fraction of sp³-hybridized carbons (Fsp3) is 0.409. The van der Waals surface area contributed by atoms with Crippen molar-refractivity contribution in [3.63, 3.8) is 0 Å². The van der Waals surface area contributed by atoms with Crippen molar-refractivity contribution in [2.75, 3.05) is 26.7 Å². The molecule has 1 saturated heterocycles. The molecule has 0 spiro atoms. The van der Waals surface area contributed by atoms with Gasteiger partial charge in [0, 0.05) is 33.2 Å². The highest BCUT2D eigenvalue weighted by molar-refractivity contribution is 5.73. The molecule has 0 bridgehead atoms. The Morgan fingerprint density at radius 2 is 1.96 bits per heavy atom. The van der Waals surface area contributed by atoms with Crippen LogP contribution in [0.25, 0.3) is 0 Å². The lowest BCUT2D eigenvalue weighted by Gasteiger charge is -2.19. The van der Waals surface area contributed by atoms with Crippen LogP contribution in [0.1, 0.15) is 24.0 Å². The second-order valence-corrected chi connectivity index (χ2v) is 7.42. The van der Waals surface area contributed by atoms with Crippen LogP contribution < -0.4 is 5.32 Å². The molecule has 0 radical (unpaired) electrons. The van der Waals surface area contributed by atoms with Crippen LogP contribution in [0, 0.1) is 5.92 Å². The van der Waals surface area contributed by atoms with Gasteiger partial charge < -0.3 is 15.3 Å². The Labute approximate surface area is 161 Å². The molecule has 1 atom stereocenters. The number of nitrogens with zero attached hydrogens (tertiary/aromatic N) is 2. The van der Waals surface area contributed by atoms with Crippen LogP contribution in [-0.2, 0) is 13.1 Å². The molecule has 5 heteroatoms. The maximum Gasteiger partial charge on any atom is 0.317 e. The number of phenolic OH excluding ortho intramolecular Hbond substituents is 1. The molecule has 2 aromatic rings. The summed E-state index contributed by atoms with van der Waals surface area (Å²) in [5, 5.41) is 12.5. The number of phenols is 1. The molecule has 0 saturated carbocycles. The summed E-state index contributed by atoms with van der Waals surface area (Å²) in [4.78, 5) is 16.4. The fourth-order valence-corrected chi connectivity index (χ4v) is 3.65. The van der Waals surface area contributed by atoms with Crippen LogP contribution in [0.3, 0.4) is 0 Å². The third-order valence-electron chi connectivity index (χ3n) is 5.12. The number of amides is 2. The summed E-state index contributed by atoms with van der Waals surface area (Å²) in [5.74, 6) is 0.869. The van der Waals surface area contributed by atoms with Crippen molar-refractivity contribution in [3.05, 3.63) is 65.7 Å². The van der Waals surface area contributed by atoms with Crippen molar-refractivity contribution in [3.8, 4) is 5.75 Å². The molecule has 2 N–H and O–H groups in total. The molecule has 144 valence electrons. The molecule has 1 fully saturated rings. The van der Waals surface area contributed by atoms with E-state index in [9.17, 15) is 9.90 Å². The van der Waals surface area contributed by atoms with Gasteiger partial charge in [-0.15, -0.1) is 0 Å². The van der Waals surface area contributed by atoms with E-state index in [2.05, 4.69) is 40.5 Å². The quantitative estimate of drug-likeness (QED) is 0.788. The van der Waals surface area contributed by atoms with Crippen molar-refractivity contribution in [1.82, 2.24) is 15.1 Å². The number of carbonyl (C=O) groups is 1. The maximum atomic E-state index is 12.3. The average molecular weight is 367 g/mol. The number of hydrogen-bond donors (Lipinski definition) is 2. The van der Waals surface area contributed by atoms with Crippen molar-refractivity contribution in [1.29, 1.82) is 0 Å². The predicted molar refractivity (Wildman–Crippen MR) is 107 cm³/mol. The molecule has 1 unspecified atom stereocenters. The Balaban J connectivity index is 1.35. The summed E-state index contributed by atoms with van der Waals surface area (Å²) in [6.07, 6.45) is 2.21. The van der Waals surface area contributed by atoms with E-state index in [-0.39, 0.29) is 11.8 Å². The molecular weight excluding hydrogens is 338 g/mol. The zero-order valence-corrected chi connectivity index (χ0v) is 16.0. The number of carbonyl (C=O) groups excluding carboxylic acids is 1. The van der Waals surface area contributed by atoms with Crippen LogP contribution >= 0.6 is 0 Å². The van der Waals surface area contributed by atoms with Crippen molar-refractivity contribution in [2.24, 2.45) is 5.92 Å². The Hall–Kier alpha value is -2.53. The zero-order valence-electron chi connectivity index (χ0n) is 16.0. The van der Waals surface area contributed by atoms with E-state index in [4.69, 9.17) is 0 Å². The minimum Gasteiger partial charge on any atom is -0.508 e. The summed E-state index contributed by atoms with van der Waals surface area (Å²) in [6, 6.07) is 17.5. The topological polar surface area (TPSA) is 55.8 Å². The molecule has 0 aromatic heterocycles. The molecule has 1 aliphatic heterocycles. The number of urea groups is 1. The third kappa shape index (κ3) is 6.00. The molecule has 2 aromatic carbocycles.